The Bertz CT molecular complexity index is 314. The molecule has 2 nitrogen and oxygen atoms in total. The van der Waals surface area contributed by atoms with E-state index in [0.29, 0.717) is 6.04 Å². The lowest BCUT2D eigenvalue weighted by molar-refractivity contribution is 0.401. The molecule has 0 aliphatic rings. The van der Waals surface area contributed by atoms with Crippen molar-refractivity contribution >= 4 is 15.9 Å². The summed E-state index contributed by atoms with van der Waals surface area (Å²) in [4.78, 5) is 0. The van der Waals surface area contributed by atoms with Gasteiger partial charge in [-0.3, -0.25) is 0 Å². The molecule has 3 heteroatoms. The standard InChI is InChI=1S/C12H18BrNO/c1-4-7-14-9(2)11-8-10(13)5-6-12(11)15-3/h5-6,8-9,14H,4,7H2,1-3H3. The molecule has 1 N–H and O–H groups in total. The summed E-state index contributed by atoms with van der Waals surface area (Å²) < 4.78 is 6.43. The van der Waals surface area contributed by atoms with Gasteiger partial charge in [0.05, 0.1) is 7.11 Å². The Morgan fingerprint density at radius 1 is 1.47 bits per heavy atom. The van der Waals surface area contributed by atoms with Crippen LogP contribution < -0.4 is 10.1 Å². The van der Waals surface area contributed by atoms with Crippen LogP contribution in [0.1, 0.15) is 31.9 Å². The molecular formula is C12H18BrNO. The van der Waals surface area contributed by atoms with Gasteiger partial charge in [-0.05, 0) is 38.1 Å². The third kappa shape index (κ3) is 3.50. The maximum atomic E-state index is 5.34. The molecule has 1 unspecified atom stereocenters. The molecule has 0 aromatic heterocycles. The van der Waals surface area contributed by atoms with Crippen molar-refractivity contribution in [1.29, 1.82) is 0 Å². The molecule has 0 heterocycles. The first kappa shape index (κ1) is 12.5. The van der Waals surface area contributed by atoms with Crippen molar-refractivity contribution < 1.29 is 4.74 Å². The molecule has 0 bridgehead atoms. The van der Waals surface area contributed by atoms with Gasteiger partial charge >= 0.3 is 0 Å². The Balaban J connectivity index is 2.85. The van der Waals surface area contributed by atoms with Crippen molar-refractivity contribution in [2.24, 2.45) is 0 Å². The fourth-order valence-electron chi connectivity index (χ4n) is 1.51. The molecule has 1 aromatic carbocycles. The normalized spacial score (nSPS) is 12.5. The fourth-order valence-corrected chi connectivity index (χ4v) is 1.89. The zero-order valence-electron chi connectivity index (χ0n) is 9.51. The number of nitrogens with one attached hydrogen (secondary N) is 1. The zero-order valence-corrected chi connectivity index (χ0v) is 11.1. The average molecular weight is 272 g/mol. The first-order chi connectivity index (χ1) is 7.19. The lowest BCUT2D eigenvalue weighted by atomic mass is 10.1. The molecule has 0 spiro atoms. The summed E-state index contributed by atoms with van der Waals surface area (Å²) in [6, 6.07) is 6.40. The van der Waals surface area contributed by atoms with Crippen LogP contribution in [0, 0.1) is 0 Å². The van der Waals surface area contributed by atoms with Crippen molar-refractivity contribution in [3.63, 3.8) is 0 Å². The van der Waals surface area contributed by atoms with Crippen LogP contribution in [-0.2, 0) is 0 Å². The largest absolute Gasteiger partial charge is 0.496 e. The third-order valence-electron chi connectivity index (χ3n) is 2.36. The minimum absolute atomic E-state index is 0.317. The van der Waals surface area contributed by atoms with Crippen LogP contribution in [-0.4, -0.2) is 13.7 Å². The zero-order chi connectivity index (χ0) is 11.3. The highest BCUT2D eigenvalue weighted by molar-refractivity contribution is 9.10. The molecule has 0 amide bonds. The number of ether oxygens (including phenoxy) is 1. The van der Waals surface area contributed by atoms with Crippen LogP contribution in [0.2, 0.25) is 0 Å². The number of halogens is 1. The van der Waals surface area contributed by atoms with Crippen molar-refractivity contribution in [2.75, 3.05) is 13.7 Å². The molecule has 0 fully saturated rings. The third-order valence-corrected chi connectivity index (χ3v) is 2.85. The summed E-state index contributed by atoms with van der Waals surface area (Å²) in [5.74, 6) is 0.939. The molecule has 1 aromatic rings. The van der Waals surface area contributed by atoms with Crippen LogP contribution in [0.5, 0.6) is 5.75 Å². The second-order valence-corrected chi connectivity index (χ2v) is 4.48. The predicted octanol–water partition coefficient (Wildman–Crippen LogP) is 3.52. The minimum Gasteiger partial charge on any atom is -0.496 e. The molecule has 0 radical (unpaired) electrons. The quantitative estimate of drug-likeness (QED) is 0.885. The van der Waals surface area contributed by atoms with Gasteiger partial charge in [0.1, 0.15) is 5.75 Å². The van der Waals surface area contributed by atoms with Crippen molar-refractivity contribution in [3.05, 3.63) is 28.2 Å². The Morgan fingerprint density at radius 3 is 2.80 bits per heavy atom. The highest BCUT2D eigenvalue weighted by Crippen LogP contribution is 2.28. The molecule has 84 valence electrons. The van der Waals surface area contributed by atoms with E-state index in [0.717, 1.165) is 23.2 Å². The van der Waals surface area contributed by atoms with E-state index in [9.17, 15) is 0 Å². The summed E-state index contributed by atoms with van der Waals surface area (Å²) in [6.45, 7) is 5.34. The number of rotatable bonds is 5. The molecule has 0 aliphatic heterocycles. The Hall–Kier alpha value is -0.540. The van der Waals surface area contributed by atoms with Gasteiger partial charge < -0.3 is 10.1 Å². The Kier molecular flexibility index (Phi) is 5.12. The van der Waals surface area contributed by atoms with Crippen LogP contribution >= 0.6 is 15.9 Å². The van der Waals surface area contributed by atoms with Crippen LogP contribution in [0.4, 0.5) is 0 Å². The number of benzene rings is 1. The Labute approximate surface area is 100 Å². The molecule has 1 rings (SSSR count). The van der Waals surface area contributed by atoms with Crippen molar-refractivity contribution in [1.82, 2.24) is 5.32 Å². The van der Waals surface area contributed by atoms with Crippen LogP contribution in [0.3, 0.4) is 0 Å². The van der Waals surface area contributed by atoms with E-state index in [2.05, 4.69) is 41.2 Å². The summed E-state index contributed by atoms with van der Waals surface area (Å²) in [5.41, 5.74) is 1.19. The molecule has 1 atom stereocenters. The van der Waals surface area contributed by atoms with Gasteiger partial charge in [0.15, 0.2) is 0 Å². The summed E-state index contributed by atoms with van der Waals surface area (Å²) in [7, 11) is 1.71. The monoisotopic (exact) mass is 271 g/mol. The number of hydrogen-bond acceptors (Lipinski definition) is 2. The topological polar surface area (TPSA) is 21.3 Å². The van der Waals surface area contributed by atoms with Crippen molar-refractivity contribution in [3.8, 4) is 5.75 Å². The second kappa shape index (κ2) is 6.13. The summed E-state index contributed by atoms with van der Waals surface area (Å²) >= 11 is 3.48. The van der Waals surface area contributed by atoms with E-state index in [1.807, 2.05) is 12.1 Å². The van der Waals surface area contributed by atoms with Gasteiger partial charge in [-0.2, -0.15) is 0 Å². The summed E-state index contributed by atoms with van der Waals surface area (Å²) in [6.07, 6.45) is 1.14. The second-order valence-electron chi connectivity index (χ2n) is 3.56. The Morgan fingerprint density at radius 2 is 2.20 bits per heavy atom. The van der Waals surface area contributed by atoms with E-state index < -0.39 is 0 Å². The lowest BCUT2D eigenvalue weighted by Crippen LogP contribution is -2.19. The maximum absolute atomic E-state index is 5.34. The molecule has 0 aliphatic carbocycles. The smallest absolute Gasteiger partial charge is 0.123 e. The highest BCUT2D eigenvalue weighted by Gasteiger charge is 2.10. The van der Waals surface area contributed by atoms with Gasteiger partial charge in [-0.25, -0.2) is 0 Å². The number of hydrogen-bond donors (Lipinski definition) is 1. The fraction of sp³-hybridized carbons (Fsp3) is 0.500. The molecule has 0 saturated carbocycles. The van der Waals surface area contributed by atoms with Crippen LogP contribution in [0.25, 0.3) is 0 Å². The van der Waals surface area contributed by atoms with Gasteiger partial charge in [-0.15, -0.1) is 0 Å². The van der Waals surface area contributed by atoms with E-state index in [-0.39, 0.29) is 0 Å². The van der Waals surface area contributed by atoms with Gasteiger partial charge in [0.25, 0.3) is 0 Å². The predicted molar refractivity (Wildman–Crippen MR) is 67.4 cm³/mol. The van der Waals surface area contributed by atoms with Gasteiger partial charge in [0, 0.05) is 16.1 Å². The lowest BCUT2D eigenvalue weighted by Gasteiger charge is -2.17. The van der Waals surface area contributed by atoms with E-state index in [1.54, 1.807) is 7.11 Å². The van der Waals surface area contributed by atoms with E-state index in [4.69, 9.17) is 4.74 Å². The van der Waals surface area contributed by atoms with Gasteiger partial charge in [-0.1, -0.05) is 22.9 Å². The number of methoxy groups -OCH3 is 1. The average Bonchev–Trinajstić information content (AvgIpc) is 2.25. The van der Waals surface area contributed by atoms with Gasteiger partial charge in [0.2, 0.25) is 0 Å². The SMILES string of the molecule is CCCNC(C)c1cc(Br)ccc1OC. The highest BCUT2D eigenvalue weighted by atomic mass is 79.9. The first-order valence-corrected chi connectivity index (χ1v) is 6.05. The molecule has 0 saturated heterocycles. The molecule has 15 heavy (non-hydrogen) atoms. The molecular weight excluding hydrogens is 254 g/mol. The van der Waals surface area contributed by atoms with Crippen molar-refractivity contribution in [2.45, 2.75) is 26.3 Å². The minimum atomic E-state index is 0.317. The van der Waals surface area contributed by atoms with Crippen LogP contribution in [0.15, 0.2) is 22.7 Å². The van der Waals surface area contributed by atoms with E-state index >= 15 is 0 Å². The summed E-state index contributed by atoms with van der Waals surface area (Å²) in [5, 5.41) is 3.45. The maximum Gasteiger partial charge on any atom is 0.123 e. The first-order valence-electron chi connectivity index (χ1n) is 5.25. The van der Waals surface area contributed by atoms with E-state index in [1.165, 1.54) is 5.56 Å².